The fourth-order valence-corrected chi connectivity index (χ4v) is 1.50. The van der Waals surface area contributed by atoms with Crippen LogP contribution in [0.15, 0.2) is 39.5 Å². The van der Waals surface area contributed by atoms with Crippen LogP contribution in [0.25, 0.3) is 11.0 Å². The van der Waals surface area contributed by atoms with E-state index in [0.29, 0.717) is 11.1 Å². The molecule has 0 aliphatic rings. The summed E-state index contributed by atoms with van der Waals surface area (Å²) in [4.78, 5) is 22.4. The molecule has 2 aromatic rings. The van der Waals surface area contributed by atoms with Gasteiger partial charge in [0.05, 0.1) is 0 Å². The molecule has 76 valence electrons. The van der Waals surface area contributed by atoms with Crippen LogP contribution in [0.2, 0.25) is 0 Å². The van der Waals surface area contributed by atoms with E-state index in [9.17, 15) is 9.59 Å². The van der Waals surface area contributed by atoms with Crippen LogP contribution in [0.5, 0.6) is 0 Å². The molecule has 0 bridgehead atoms. The maximum atomic E-state index is 11.4. The number of ketones is 1. The lowest BCUT2D eigenvalue weighted by molar-refractivity contribution is -0.116. The molecule has 0 saturated carbocycles. The average Bonchev–Trinajstić information content (AvgIpc) is 2.18. The fourth-order valence-electron chi connectivity index (χ4n) is 1.50. The first kappa shape index (κ1) is 9.65. The third kappa shape index (κ3) is 1.96. The van der Waals surface area contributed by atoms with Gasteiger partial charge in [0, 0.05) is 17.4 Å². The van der Waals surface area contributed by atoms with Gasteiger partial charge in [-0.3, -0.25) is 4.79 Å². The van der Waals surface area contributed by atoms with Gasteiger partial charge in [-0.1, -0.05) is 18.2 Å². The highest BCUT2D eigenvalue weighted by molar-refractivity contribution is 5.81. The molecule has 0 spiro atoms. The molecule has 0 aliphatic heterocycles. The maximum absolute atomic E-state index is 11.4. The zero-order valence-electron chi connectivity index (χ0n) is 8.32. The summed E-state index contributed by atoms with van der Waals surface area (Å²) in [6.07, 6.45) is 0.132. The Hall–Kier alpha value is -1.90. The Bertz CT molecular complexity index is 566. The van der Waals surface area contributed by atoms with E-state index in [2.05, 4.69) is 0 Å². The van der Waals surface area contributed by atoms with Gasteiger partial charge in [-0.25, -0.2) is 4.79 Å². The molecule has 1 aromatic heterocycles. The first-order valence-electron chi connectivity index (χ1n) is 4.68. The molecule has 3 heteroatoms. The van der Waals surface area contributed by atoms with E-state index in [-0.39, 0.29) is 12.2 Å². The molecule has 2 rings (SSSR count). The Morgan fingerprint density at radius 3 is 2.80 bits per heavy atom. The summed E-state index contributed by atoms with van der Waals surface area (Å²) in [6.45, 7) is 1.45. The SMILES string of the molecule is CC(=O)Cc1cc2ccccc2oc1=O. The summed E-state index contributed by atoms with van der Waals surface area (Å²) in [7, 11) is 0. The number of rotatable bonds is 2. The monoisotopic (exact) mass is 202 g/mol. The Labute approximate surface area is 86.3 Å². The first-order chi connectivity index (χ1) is 7.16. The highest BCUT2D eigenvalue weighted by Gasteiger charge is 2.06. The number of carbonyl (C=O) groups is 1. The number of benzene rings is 1. The minimum Gasteiger partial charge on any atom is -0.423 e. The number of para-hydroxylation sites is 1. The second kappa shape index (κ2) is 3.69. The fraction of sp³-hybridized carbons (Fsp3) is 0.167. The molecule has 0 saturated heterocycles. The molecule has 1 aromatic carbocycles. The van der Waals surface area contributed by atoms with Gasteiger partial charge in [0.15, 0.2) is 0 Å². The van der Waals surface area contributed by atoms with E-state index in [4.69, 9.17) is 4.42 Å². The lowest BCUT2D eigenvalue weighted by Gasteiger charge is -1.99. The highest BCUT2D eigenvalue weighted by atomic mass is 16.4. The van der Waals surface area contributed by atoms with Gasteiger partial charge in [0.1, 0.15) is 11.4 Å². The predicted molar refractivity (Wildman–Crippen MR) is 56.9 cm³/mol. The molecule has 15 heavy (non-hydrogen) atoms. The van der Waals surface area contributed by atoms with E-state index < -0.39 is 5.63 Å². The second-order valence-corrected chi connectivity index (χ2v) is 3.48. The largest absolute Gasteiger partial charge is 0.423 e. The lowest BCUT2D eigenvalue weighted by Crippen LogP contribution is -2.10. The first-order valence-corrected chi connectivity index (χ1v) is 4.68. The average molecular weight is 202 g/mol. The normalized spacial score (nSPS) is 10.5. The van der Waals surface area contributed by atoms with Crippen LogP contribution in [0.1, 0.15) is 12.5 Å². The molecule has 0 N–H and O–H groups in total. The third-order valence-electron chi connectivity index (χ3n) is 2.15. The standard InChI is InChI=1S/C12H10O3/c1-8(13)6-10-7-9-4-2-3-5-11(9)15-12(10)14/h2-5,7H,6H2,1H3. The van der Waals surface area contributed by atoms with Crippen LogP contribution < -0.4 is 5.63 Å². The van der Waals surface area contributed by atoms with Crippen molar-refractivity contribution in [2.75, 3.05) is 0 Å². The summed E-state index contributed by atoms with van der Waals surface area (Å²) in [5.74, 6) is -0.0439. The van der Waals surface area contributed by atoms with Crippen molar-refractivity contribution in [3.63, 3.8) is 0 Å². The zero-order chi connectivity index (χ0) is 10.8. The zero-order valence-corrected chi connectivity index (χ0v) is 8.32. The van der Waals surface area contributed by atoms with Crippen molar-refractivity contribution in [1.82, 2.24) is 0 Å². The lowest BCUT2D eigenvalue weighted by atomic mass is 10.1. The van der Waals surface area contributed by atoms with Crippen LogP contribution >= 0.6 is 0 Å². The third-order valence-corrected chi connectivity index (χ3v) is 2.15. The summed E-state index contributed by atoms with van der Waals surface area (Å²) < 4.78 is 5.09. The van der Waals surface area contributed by atoms with E-state index >= 15 is 0 Å². The number of Topliss-reactive ketones (excluding diaryl/α,β-unsaturated/α-hetero) is 1. The van der Waals surface area contributed by atoms with Crippen LogP contribution in [-0.4, -0.2) is 5.78 Å². The molecule has 0 unspecified atom stereocenters. The quantitative estimate of drug-likeness (QED) is 0.699. The van der Waals surface area contributed by atoms with Crippen LogP contribution in [0.3, 0.4) is 0 Å². The van der Waals surface area contributed by atoms with Crippen molar-refractivity contribution >= 4 is 16.8 Å². The maximum Gasteiger partial charge on any atom is 0.339 e. The molecule has 0 aliphatic carbocycles. The van der Waals surface area contributed by atoms with Crippen LogP contribution in [-0.2, 0) is 11.2 Å². The Morgan fingerprint density at radius 1 is 1.33 bits per heavy atom. The molecule has 3 nitrogen and oxygen atoms in total. The molecule has 0 atom stereocenters. The van der Waals surface area contributed by atoms with E-state index in [1.165, 1.54) is 6.92 Å². The number of hydrogen-bond donors (Lipinski definition) is 0. The van der Waals surface area contributed by atoms with Gasteiger partial charge in [-0.05, 0) is 19.1 Å². The van der Waals surface area contributed by atoms with Gasteiger partial charge in [0.2, 0.25) is 0 Å². The molecular weight excluding hydrogens is 192 g/mol. The smallest absolute Gasteiger partial charge is 0.339 e. The van der Waals surface area contributed by atoms with Gasteiger partial charge < -0.3 is 4.42 Å². The van der Waals surface area contributed by atoms with Crippen LogP contribution in [0, 0.1) is 0 Å². The summed E-state index contributed by atoms with van der Waals surface area (Å²) >= 11 is 0. The summed E-state index contributed by atoms with van der Waals surface area (Å²) in [6, 6.07) is 8.95. The number of carbonyl (C=O) groups excluding carboxylic acids is 1. The van der Waals surface area contributed by atoms with Crippen molar-refractivity contribution in [3.05, 3.63) is 46.3 Å². The molecule has 1 heterocycles. The van der Waals surface area contributed by atoms with Crippen molar-refractivity contribution in [3.8, 4) is 0 Å². The van der Waals surface area contributed by atoms with Gasteiger partial charge in [-0.15, -0.1) is 0 Å². The minimum atomic E-state index is -0.427. The minimum absolute atomic E-state index is 0.0439. The Balaban J connectivity index is 2.62. The summed E-state index contributed by atoms with van der Waals surface area (Å²) in [5, 5.41) is 0.841. The molecule has 0 radical (unpaired) electrons. The summed E-state index contributed by atoms with van der Waals surface area (Å²) in [5.41, 5.74) is 0.542. The Kier molecular flexibility index (Phi) is 2.37. The van der Waals surface area contributed by atoms with Crippen molar-refractivity contribution in [1.29, 1.82) is 0 Å². The Morgan fingerprint density at radius 2 is 2.07 bits per heavy atom. The predicted octanol–water partition coefficient (Wildman–Crippen LogP) is 1.92. The van der Waals surface area contributed by atoms with Crippen molar-refractivity contribution < 1.29 is 9.21 Å². The van der Waals surface area contributed by atoms with E-state index in [1.807, 2.05) is 12.1 Å². The molecule has 0 fully saturated rings. The van der Waals surface area contributed by atoms with Gasteiger partial charge in [0.25, 0.3) is 0 Å². The topological polar surface area (TPSA) is 47.3 Å². The number of fused-ring (bicyclic) bond motifs is 1. The highest BCUT2D eigenvalue weighted by Crippen LogP contribution is 2.12. The molecule has 0 amide bonds. The van der Waals surface area contributed by atoms with Crippen molar-refractivity contribution in [2.45, 2.75) is 13.3 Å². The van der Waals surface area contributed by atoms with Gasteiger partial charge in [-0.2, -0.15) is 0 Å². The number of hydrogen-bond acceptors (Lipinski definition) is 3. The van der Waals surface area contributed by atoms with E-state index in [0.717, 1.165) is 5.39 Å². The van der Waals surface area contributed by atoms with Crippen molar-refractivity contribution in [2.24, 2.45) is 0 Å². The van der Waals surface area contributed by atoms with Crippen LogP contribution in [0.4, 0.5) is 0 Å². The van der Waals surface area contributed by atoms with Gasteiger partial charge >= 0.3 is 5.63 Å². The van der Waals surface area contributed by atoms with E-state index in [1.54, 1.807) is 18.2 Å². The second-order valence-electron chi connectivity index (χ2n) is 3.48. The molecular formula is C12H10O3.